The molecule has 1 atom stereocenters. The van der Waals surface area contributed by atoms with Crippen molar-refractivity contribution in [2.24, 2.45) is 0 Å². The van der Waals surface area contributed by atoms with Gasteiger partial charge in [-0.3, -0.25) is 9.52 Å². The summed E-state index contributed by atoms with van der Waals surface area (Å²) in [6.45, 7) is 5.82. The van der Waals surface area contributed by atoms with Crippen LogP contribution in [0.2, 0.25) is 0 Å². The topological polar surface area (TPSA) is 84.5 Å². The molecule has 0 bridgehead atoms. The summed E-state index contributed by atoms with van der Waals surface area (Å²) in [6.07, 6.45) is -0.180. The first kappa shape index (κ1) is 23.8. The van der Waals surface area contributed by atoms with Crippen LogP contribution in [0.3, 0.4) is 0 Å². The van der Waals surface area contributed by atoms with Gasteiger partial charge in [0.1, 0.15) is 5.75 Å². The molecule has 168 valence electrons. The molecule has 8 heteroatoms. The monoisotopic (exact) mass is 516 g/mol. The normalized spacial score (nSPS) is 12.1. The van der Waals surface area contributed by atoms with Crippen LogP contribution in [0.1, 0.15) is 24.5 Å². The first-order chi connectivity index (χ1) is 15.2. The third-order valence-corrected chi connectivity index (χ3v) is 6.94. The van der Waals surface area contributed by atoms with Crippen LogP contribution >= 0.6 is 15.9 Å². The fourth-order valence-corrected chi connectivity index (χ4v) is 4.32. The van der Waals surface area contributed by atoms with E-state index in [2.05, 4.69) is 26.0 Å². The molecule has 3 rings (SSSR count). The summed E-state index contributed by atoms with van der Waals surface area (Å²) in [5.74, 6) is 0.379. The molecule has 3 aromatic carbocycles. The minimum Gasteiger partial charge on any atom is -0.480 e. The standard InChI is InChI=1S/C24H25BrN2O4S/c1-4-22(31-23-7-5-6-16(2)17(23)3)24(28)26-19-12-14-21(15-13-19)32(29,30)27-20-10-8-18(25)9-11-20/h5-15,22,27H,4H2,1-3H3,(H,26,28)/t22-/m1/s1. The fourth-order valence-electron chi connectivity index (χ4n) is 3.00. The van der Waals surface area contributed by atoms with Crippen LogP contribution in [0.15, 0.2) is 76.1 Å². The van der Waals surface area contributed by atoms with Crippen molar-refractivity contribution in [2.75, 3.05) is 10.0 Å². The number of hydrogen-bond acceptors (Lipinski definition) is 4. The molecule has 0 aliphatic rings. The van der Waals surface area contributed by atoms with E-state index in [0.717, 1.165) is 15.6 Å². The van der Waals surface area contributed by atoms with Crippen LogP contribution in [-0.4, -0.2) is 20.4 Å². The summed E-state index contributed by atoms with van der Waals surface area (Å²) in [7, 11) is -3.74. The molecule has 0 aliphatic heterocycles. The van der Waals surface area contributed by atoms with Crippen molar-refractivity contribution in [3.8, 4) is 5.75 Å². The molecule has 6 nitrogen and oxygen atoms in total. The minimum absolute atomic E-state index is 0.0945. The third-order valence-electron chi connectivity index (χ3n) is 5.02. The van der Waals surface area contributed by atoms with Crippen molar-refractivity contribution in [1.29, 1.82) is 0 Å². The lowest BCUT2D eigenvalue weighted by molar-refractivity contribution is -0.122. The molecule has 32 heavy (non-hydrogen) atoms. The van der Waals surface area contributed by atoms with E-state index in [1.165, 1.54) is 12.1 Å². The van der Waals surface area contributed by atoms with Crippen LogP contribution in [-0.2, 0) is 14.8 Å². The van der Waals surface area contributed by atoms with E-state index in [1.807, 2.05) is 39.0 Å². The largest absolute Gasteiger partial charge is 0.480 e. The predicted molar refractivity (Wildman–Crippen MR) is 131 cm³/mol. The van der Waals surface area contributed by atoms with Gasteiger partial charge in [0.2, 0.25) is 0 Å². The number of sulfonamides is 1. The summed E-state index contributed by atoms with van der Waals surface area (Å²) < 4.78 is 34.5. The first-order valence-electron chi connectivity index (χ1n) is 10.1. The molecule has 0 heterocycles. The lowest BCUT2D eigenvalue weighted by Crippen LogP contribution is -2.32. The quantitative estimate of drug-likeness (QED) is 0.404. The molecule has 0 radical (unpaired) electrons. The van der Waals surface area contributed by atoms with E-state index in [-0.39, 0.29) is 10.8 Å². The van der Waals surface area contributed by atoms with Crippen LogP contribution in [0.5, 0.6) is 5.75 Å². The molecule has 2 N–H and O–H groups in total. The highest BCUT2D eigenvalue weighted by molar-refractivity contribution is 9.10. The average Bonchev–Trinajstić information content (AvgIpc) is 2.76. The predicted octanol–water partition coefficient (Wildman–Crippen LogP) is 5.66. The SMILES string of the molecule is CC[C@@H](Oc1cccc(C)c1C)C(=O)Nc1ccc(S(=O)(=O)Nc2ccc(Br)cc2)cc1. The Kier molecular flexibility index (Phi) is 7.58. The molecular weight excluding hydrogens is 492 g/mol. The molecular formula is C24H25BrN2O4S. The maximum Gasteiger partial charge on any atom is 0.265 e. The van der Waals surface area contributed by atoms with E-state index in [0.29, 0.717) is 23.5 Å². The van der Waals surface area contributed by atoms with Crippen molar-refractivity contribution in [3.63, 3.8) is 0 Å². The van der Waals surface area contributed by atoms with Crippen molar-refractivity contribution in [1.82, 2.24) is 0 Å². The number of hydrogen-bond donors (Lipinski definition) is 2. The average molecular weight is 517 g/mol. The Morgan fingerprint density at radius 2 is 1.59 bits per heavy atom. The lowest BCUT2D eigenvalue weighted by Gasteiger charge is -2.19. The van der Waals surface area contributed by atoms with Gasteiger partial charge in [0.25, 0.3) is 15.9 Å². The van der Waals surface area contributed by atoms with Crippen molar-refractivity contribution in [2.45, 2.75) is 38.2 Å². The Morgan fingerprint density at radius 3 is 2.22 bits per heavy atom. The molecule has 0 fully saturated rings. The molecule has 0 spiro atoms. The number of nitrogens with one attached hydrogen (secondary N) is 2. The Bertz CT molecular complexity index is 1190. The van der Waals surface area contributed by atoms with E-state index >= 15 is 0 Å². The van der Waals surface area contributed by atoms with Gasteiger partial charge in [-0.1, -0.05) is 35.0 Å². The second-order valence-corrected chi connectivity index (χ2v) is 9.94. The fraction of sp³-hybridized carbons (Fsp3) is 0.208. The molecule has 0 aliphatic carbocycles. The van der Waals surface area contributed by atoms with Gasteiger partial charge >= 0.3 is 0 Å². The summed E-state index contributed by atoms with van der Waals surface area (Å²) in [6, 6.07) is 18.6. The maximum absolute atomic E-state index is 12.7. The van der Waals surface area contributed by atoms with Crippen molar-refractivity contribution >= 4 is 43.2 Å². The summed E-state index contributed by atoms with van der Waals surface area (Å²) >= 11 is 3.32. The number of amides is 1. The summed E-state index contributed by atoms with van der Waals surface area (Å²) in [4.78, 5) is 12.8. The van der Waals surface area contributed by atoms with Gasteiger partial charge in [0.15, 0.2) is 6.10 Å². The lowest BCUT2D eigenvalue weighted by atomic mass is 10.1. The Labute approximate surface area is 197 Å². The zero-order valence-corrected chi connectivity index (χ0v) is 20.5. The van der Waals surface area contributed by atoms with Gasteiger partial charge in [-0.25, -0.2) is 8.42 Å². The number of ether oxygens (including phenoxy) is 1. The molecule has 0 unspecified atom stereocenters. The Morgan fingerprint density at radius 1 is 0.969 bits per heavy atom. The highest BCUT2D eigenvalue weighted by Crippen LogP contribution is 2.24. The van der Waals surface area contributed by atoms with Crippen molar-refractivity contribution in [3.05, 3.63) is 82.3 Å². The van der Waals surface area contributed by atoms with Gasteiger partial charge in [-0.2, -0.15) is 0 Å². The Balaban J connectivity index is 1.67. The summed E-state index contributed by atoms with van der Waals surface area (Å²) in [5.41, 5.74) is 3.03. The third kappa shape index (κ3) is 5.89. The second kappa shape index (κ2) is 10.2. The van der Waals surface area contributed by atoms with Gasteiger partial charge in [0.05, 0.1) is 4.90 Å². The number of carbonyl (C=O) groups excluding carboxylic acids is 1. The smallest absolute Gasteiger partial charge is 0.265 e. The number of halogens is 1. The Hall–Kier alpha value is -2.84. The molecule has 1 amide bonds. The number of carbonyl (C=O) groups is 1. The minimum atomic E-state index is -3.74. The maximum atomic E-state index is 12.7. The van der Waals surface area contributed by atoms with Gasteiger partial charge in [-0.05, 0) is 86.0 Å². The van der Waals surface area contributed by atoms with Gasteiger partial charge in [-0.15, -0.1) is 0 Å². The highest BCUT2D eigenvalue weighted by Gasteiger charge is 2.20. The van der Waals surface area contributed by atoms with Crippen LogP contribution in [0.25, 0.3) is 0 Å². The number of aryl methyl sites for hydroxylation is 1. The number of anilines is 2. The zero-order chi connectivity index (χ0) is 23.3. The van der Waals surface area contributed by atoms with Gasteiger partial charge < -0.3 is 10.1 Å². The highest BCUT2D eigenvalue weighted by atomic mass is 79.9. The van der Waals surface area contributed by atoms with Crippen LogP contribution < -0.4 is 14.8 Å². The van der Waals surface area contributed by atoms with E-state index < -0.39 is 16.1 Å². The van der Waals surface area contributed by atoms with Gasteiger partial charge in [0, 0.05) is 15.8 Å². The summed E-state index contributed by atoms with van der Waals surface area (Å²) in [5, 5.41) is 2.80. The number of rotatable bonds is 8. The number of benzene rings is 3. The molecule has 0 saturated carbocycles. The van der Waals surface area contributed by atoms with E-state index in [4.69, 9.17) is 4.74 Å². The first-order valence-corrected chi connectivity index (χ1v) is 12.4. The van der Waals surface area contributed by atoms with E-state index in [1.54, 1.807) is 36.4 Å². The zero-order valence-electron chi connectivity index (χ0n) is 18.1. The van der Waals surface area contributed by atoms with Crippen LogP contribution in [0, 0.1) is 13.8 Å². The molecule has 3 aromatic rings. The van der Waals surface area contributed by atoms with Crippen LogP contribution in [0.4, 0.5) is 11.4 Å². The molecule has 0 aromatic heterocycles. The molecule has 0 saturated heterocycles. The second-order valence-electron chi connectivity index (χ2n) is 7.34. The van der Waals surface area contributed by atoms with E-state index in [9.17, 15) is 13.2 Å². The van der Waals surface area contributed by atoms with Crippen molar-refractivity contribution < 1.29 is 17.9 Å².